The van der Waals surface area contributed by atoms with Gasteiger partial charge in [0.25, 0.3) is 0 Å². The molecule has 0 amide bonds. The fourth-order valence-electron chi connectivity index (χ4n) is 8.08. The molecule has 8 aromatic rings. The molecular weight excluding hydrogens is 615 g/mol. The van der Waals surface area contributed by atoms with Gasteiger partial charge in [0.2, 0.25) is 0 Å². The van der Waals surface area contributed by atoms with E-state index in [-0.39, 0.29) is 5.41 Å². The highest BCUT2D eigenvalue weighted by Crippen LogP contribution is 2.51. The predicted molar refractivity (Wildman–Crippen MR) is 217 cm³/mol. The fraction of sp³-hybridized carbons (Fsp3) is 0.0800. The van der Waals surface area contributed by atoms with Crippen molar-refractivity contribution < 1.29 is 0 Å². The maximum absolute atomic E-state index is 2.41. The minimum Gasteiger partial charge on any atom is -0.310 e. The molecule has 9 rings (SSSR count). The summed E-state index contributed by atoms with van der Waals surface area (Å²) >= 11 is 0. The molecule has 51 heavy (non-hydrogen) atoms. The molecule has 0 radical (unpaired) electrons. The summed E-state index contributed by atoms with van der Waals surface area (Å²) in [5, 5.41) is 2.50. The standard InChI is InChI=1S/C50H39N/c1-34-13-7-10-18-43(34)47-32-39-17-9-8-16-38(39)31-46(47)37-23-27-41(28-24-37)51(40-25-21-36(22-26-40)35-14-5-4-6-15-35)42-29-30-45-44-19-11-12-20-48(44)50(2,3)49(45)33-42/h4-33H,1-3H3. The fourth-order valence-corrected chi connectivity index (χ4v) is 8.08. The Labute approximate surface area is 301 Å². The molecule has 0 N–H and O–H groups in total. The van der Waals surface area contributed by atoms with Crippen molar-refractivity contribution in [2.75, 3.05) is 4.90 Å². The predicted octanol–water partition coefficient (Wildman–Crippen LogP) is 13.9. The molecule has 0 fully saturated rings. The molecule has 0 aliphatic heterocycles. The first-order valence-corrected chi connectivity index (χ1v) is 17.8. The summed E-state index contributed by atoms with van der Waals surface area (Å²) in [4.78, 5) is 2.40. The van der Waals surface area contributed by atoms with Gasteiger partial charge in [-0.3, -0.25) is 0 Å². The zero-order valence-corrected chi connectivity index (χ0v) is 29.3. The van der Waals surface area contributed by atoms with E-state index in [9.17, 15) is 0 Å². The third-order valence-electron chi connectivity index (χ3n) is 10.8. The van der Waals surface area contributed by atoms with E-state index in [0.717, 1.165) is 17.1 Å². The Bertz CT molecular complexity index is 2540. The minimum atomic E-state index is -0.0866. The average Bonchev–Trinajstić information content (AvgIpc) is 3.41. The van der Waals surface area contributed by atoms with Crippen LogP contribution in [0.3, 0.4) is 0 Å². The maximum atomic E-state index is 2.41. The van der Waals surface area contributed by atoms with Crippen molar-refractivity contribution in [1.82, 2.24) is 0 Å². The normalized spacial score (nSPS) is 12.8. The summed E-state index contributed by atoms with van der Waals surface area (Å²) in [6.07, 6.45) is 0. The Morgan fingerprint density at radius 3 is 1.55 bits per heavy atom. The highest BCUT2D eigenvalue weighted by molar-refractivity contribution is 5.97. The second kappa shape index (κ2) is 12.3. The van der Waals surface area contributed by atoms with Gasteiger partial charge in [0, 0.05) is 22.5 Å². The van der Waals surface area contributed by atoms with Crippen molar-refractivity contribution in [3.05, 3.63) is 199 Å². The zero-order valence-electron chi connectivity index (χ0n) is 29.3. The van der Waals surface area contributed by atoms with Crippen molar-refractivity contribution in [3.8, 4) is 44.5 Å². The lowest BCUT2D eigenvalue weighted by atomic mass is 9.82. The van der Waals surface area contributed by atoms with Gasteiger partial charge in [0.1, 0.15) is 0 Å². The first-order chi connectivity index (χ1) is 25.0. The molecule has 0 unspecified atom stereocenters. The number of hydrogen-bond acceptors (Lipinski definition) is 1. The van der Waals surface area contributed by atoms with Gasteiger partial charge in [0.05, 0.1) is 0 Å². The molecular formula is C50H39N. The van der Waals surface area contributed by atoms with Crippen LogP contribution in [0.1, 0.15) is 30.5 Å². The summed E-state index contributed by atoms with van der Waals surface area (Å²) in [6, 6.07) is 66.7. The van der Waals surface area contributed by atoms with Crippen LogP contribution in [0.2, 0.25) is 0 Å². The van der Waals surface area contributed by atoms with E-state index in [1.165, 1.54) is 72.0 Å². The van der Waals surface area contributed by atoms with E-state index in [1.807, 2.05) is 0 Å². The van der Waals surface area contributed by atoms with Gasteiger partial charge in [-0.25, -0.2) is 0 Å². The lowest BCUT2D eigenvalue weighted by molar-refractivity contribution is 0.660. The molecule has 0 atom stereocenters. The van der Waals surface area contributed by atoms with E-state index < -0.39 is 0 Å². The molecule has 1 aliphatic carbocycles. The number of benzene rings is 8. The number of nitrogens with zero attached hydrogens (tertiary/aromatic N) is 1. The van der Waals surface area contributed by atoms with Crippen molar-refractivity contribution in [1.29, 1.82) is 0 Å². The summed E-state index contributed by atoms with van der Waals surface area (Å²) in [5.74, 6) is 0. The smallest absolute Gasteiger partial charge is 0.0465 e. The first kappa shape index (κ1) is 30.8. The largest absolute Gasteiger partial charge is 0.310 e. The van der Waals surface area contributed by atoms with E-state index >= 15 is 0 Å². The maximum Gasteiger partial charge on any atom is 0.0465 e. The van der Waals surface area contributed by atoms with Gasteiger partial charge < -0.3 is 4.90 Å². The van der Waals surface area contributed by atoms with Crippen LogP contribution in [0.15, 0.2) is 182 Å². The van der Waals surface area contributed by atoms with Gasteiger partial charge in [-0.05, 0) is 127 Å². The van der Waals surface area contributed by atoms with Gasteiger partial charge in [0.15, 0.2) is 0 Å². The number of rotatable bonds is 6. The van der Waals surface area contributed by atoms with Crippen LogP contribution < -0.4 is 4.90 Å². The number of aryl methyl sites for hydroxylation is 1. The minimum absolute atomic E-state index is 0.0866. The quantitative estimate of drug-likeness (QED) is 0.173. The Kier molecular flexibility index (Phi) is 7.44. The van der Waals surface area contributed by atoms with Crippen LogP contribution in [0.5, 0.6) is 0 Å². The molecule has 244 valence electrons. The molecule has 1 heteroatoms. The molecule has 1 aliphatic rings. The molecule has 0 aromatic heterocycles. The van der Waals surface area contributed by atoms with Crippen LogP contribution in [-0.4, -0.2) is 0 Å². The van der Waals surface area contributed by atoms with Gasteiger partial charge in [-0.15, -0.1) is 0 Å². The van der Waals surface area contributed by atoms with E-state index in [4.69, 9.17) is 0 Å². The summed E-state index contributed by atoms with van der Waals surface area (Å²) in [7, 11) is 0. The monoisotopic (exact) mass is 653 g/mol. The lowest BCUT2D eigenvalue weighted by Gasteiger charge is -2.28. The number of hydrogen-bond donors (Lipinski definition) is 0. The Balaban J connectivity index is 1.17. The van der Waals surface area contributed by atoms with Crippen molar-refractivity contribution >= 4 is 27.8 Å². The molecule has 8 aromatic carbocycles. The van der Waals surface area contributed by atoms with Crippen molar-refractivity contribution in [3.63, 3.8) is 0 Å². The van der Waals surface area contributed by atoms with E-state index in [0.29, 0.717) is 0 Å². The molecule has 0 bridgehead atoms. The topological polar surface area (TPSA) is 3.24 Å². The van der Waals surface area contributed by atoms with Crippen LogP contribution in [0.4, 0.5) is 17.1 Å². The third kappa shape index (κ3) is 5.34. The van der Waals surface area contributed by atoms with Gasteiger partial charge in [-0.1, -0.05) is 147 Å². The highest BCUT2D eigenvalue weighted by atomic mass is 15.1. The van der Waals surface area contributed by atoms with E-state index in [1.54, 1.807) is 0 Å². The summed E-state index contributed by atoms with van der Waals surface area (Å²) < 4.78 is 0. The Morgan fingerprint density at radius 2 is 0.863 bits per heavy atom. The van der Waals surface area contributed by atoms with Crippen molar-refractivity contribution in [2.24, 2.45) is 0 Å². The van der Waals surface area contributed by atoms with Gasteiger partial charge >= 0.3 is 0 Å². The average molecular weight is 654 g/mol. The molecule has 0 saturated carbocycles. The summed E-state index contributed by atoms with van der Waals surface area (Å²) in [5.41, 5.74) is 17.4. The lowest BCUT2D eigenvalue weighted by Crippen LogP contribution is -2.16. The number of anilines is 3. The van der Waals surface area contributed by atoms with Crippen molar-refractivity contribution in [2.45, 2.75) is 26.2 Å². The Morgan fingerprint density at radius 1 is 0.353 bits per heavy atom. The highest BCUT2D eigenvalue weighted by Gasteiger charge is 2.35. The van der Waals surface area contributed by atoms with E-state index in [2.05, 4.69) is 208 Å². The summed E-state index contributed by atoms with van der Waals surface area (Å²) in [6.45, 7) is 6.91. The second-order valence-electron chi connectivity index (χ2n) is 14.3. The molecule has 0 saturated heterocycles. The molecule has 0 heterocycles. The van der Waals surface area contributed by atoms with Crippen LogP contribution >= 0.6 is 0 Å². The SMILES string of the molecule is Cc1ccccc1-c1cc2ccccc2cc1-c1ccc(N(c2ccc(-c3ccccc3)cc2)c2ccc3c(c2)C(C)(C)c2ccccc2-3)cc1. The van der Waals surface area contributed by atoms with Crippen LogP contribution in [-0.2, 0) is 5.41 Å². The van der Waals surface area contributed by atoms with Crippen LogP contribution in [0.25, 0.3) is 55.3 Å². The molecule has 0 spiro atoms. The third-order valence-corrected chi connectivity index (χ3v) is 10.8. The van der Waals surface area contributed by atoms with Gasteiger partial charge in [-0.2, -0.15) is 0 Å². The zero-order chi connectivity index (χ0) is 34.5. The van der Waals surface area contributed by atoms with Crippen LogP contribution in [0, 0.1) is 6.92 Å². The Hall–Kier alpha value is -6.18. The first-order valence-electron chi connectivity index (χ1n) is 17.8. The second-order valence-corrected chi connectivity index (χ2v) is 14.3. The molecule has 1 nitrogen and oxygen atoms in total. The number of fused-ring (bicyclic) bond motifs is 4.